The van der Waals surface area contributed by atoms with E-state index in [1.807, 2.05) is 52.1 Å². The van der Waals surface area contributed by atoms with Gasteiger partial charge in [-0.1, -0.05) is 13.8 Å². The highest BCUT2D eigenvalue weighted by molar-refractivity contribution is 7.90. The van der Waals surface area contributed by atoms with E-state index < -0.39 is 14.8 Å². The quantitative estimate of drug-likeness (QED) is 0.465. The number of benzene rings is 1. The van der Waals surface area contributed by atoms with E-state index in [0.29, 0.717) is 64.3 Å². The molecule has 9 heteroatoms. The smallest absolute Gasteiger partial charge is 0.251 e. The van der Waals surface area contributed by atoms with Crippen molar-refractivity contribution in [3.05, 3.63) is 29.8 Å². The summed E-state index contributed by atoms with van der Waals surface area (Å²) in [4.78, 5) is 16.4. The first-order valence-corrected chi connectivity index (χ1v) is 13.4. The molecular weight excluding hydrogens is 440 g/mol. The van der Waals surface area contributed by atoms with Gasteiger partial charge in [0, 0.05) is 57.6 Å². The molecule has 1 fully saturated rings. The maximum Gasteiger partial charge on any atom is 0.251 e. The summed E-state index contributed by atoms with van der Waals surface area (Å²) in [5.41, 5.74) is 1.65. The van der Waals surface area contributed by atoms with Crippen LogP contribution in [0.1, 0.15) is 50.4 Å². The molecule has 0 saturated carbocycles. The van der Waals surface area contributed by atoms with Crippen molar-refractivity contribution in [2.45, 2.75) is 44.8 Å². The Labute approximate surface area is 200 Å². The average molecular weight is 483 g/mol. The van der Waals surface area contributed by atoms with Crippen LogP contribution in [0.3, 0.4) is 0 Å². The number of piperazine rings is 1. The van der Waals surface area contributed by atoms with Gasteiger partial charge in [-0.25, -0.2) is 8.42 Å². The number of carbonyl (C=O) groups is 1. The first kappa shape index (κ1) is 27.6. The van der Waals surface area contributed by atoms with Crippen molar-refractivity contribution in [2.24, 2.45) is 0 Å². The SMILES string of the molecule is CCCNC(=O)c1ccc(N2CCN(S(=O)(=O)C(C)(CC)CCN(C)CCOC)CC2)cc1. The van der Waals surface area contributed by atoms with Crippen LogP contribution in [0.5, 0.6) is 0 Å². The van der Waals surface area contributed by atoms with Crippen LogP contribution in [0, 0.1) is 0 Å². The van der Waals surface area contributed by atoms with E-state index in [9.17, 15) is 13.2 Å². The van der Waals surface area contributed by atoms with E-state index in [4.69, 9.17) is 4.74 Å². The molecule has 1 N–H and O–H groups in total. The second kappa shape index (κ2) is 12.7. The summed E-state index contributed by atoms with van der Waals surface area (Å²) >= 11 is 0. The monoisotopic (exact) mass is 482 g/mol. The van der Waals surface area contributed by atoms with Crippen LogP contribution >= 0.6 is 0 Å². The van der Waals surface area contributed by atoms with Crippen molar-refractivity contribution in [3.8, 4) is 0 Å². The first-order valence-electron chi connectivity index (χ1n) is 12.0. The lowest BCUT2D eigenvalue weighted by Crippen LogP contribution is -2.55. The molecule has 1 unspecified atom stereocenters. The van der Waals surface area contributed by atoms with E-state index >= 15 is 0 Å². The standard InChI is InChI=1S/C24H42N4O4S/c1-6-13-25-23(29)21-8-10-22(11-9-21)27-15-17-28(18-16-27)33(30,31)24(3,7-2)12-14-26(4)19-20-32-5/h8-11H,6-7,12-20H2,1-5H3,(H,25,29). The molecule has 33 heavy (non-hydrogen) atoms. The third-order valence-corrected chi connectivity index (χ3v) is 9.46. The number of sulfonamides is 1. The Morgan fingerprint density at radius 1 is 1.12 bits per heavy atom. The fourth-order valence-electron chi connectivity index (χ4n) is 3.94. The summed E-state index contributed by atoms with van der Waals surface area (Å²) in [6.07, 6.45) is 2.07. The zero-order valence-electron chi connectivity index (χ0n) is 21.0. The Balaban J connectivity index is 1.97. The molecule has 2 rings (SSSR count). The van der Waals surface area contributed by atoms with Crippen LogP contribution in [0.2, 0.25) is 0 Å². The van der Waals surface area contributed by atoms with E-state index in [1.54, 1.807) is 11.4 Å². The Kier molecular flexibility index (Phi) is 10.6. The molecule has 1 aliphatic rings. The molecule has 1 heterocycles. The van der Waals surface area contributed by atoms with Crippen LogP contribution in [0.25, 0.3) is 0 Å². The van der Waals surface area contributed by atoms with Crippen molar-refractivity contribution in [1.82, 2.24) is 14.5 Å². The van der Waals surface area contributed by atoms with Crippen LogP contribution in [0.4, 0.5) is 5.69 Å². The van der Waals surface area contributed by atoms with Gasteiger partial charge in [0.05, 0.1) is 11.4 Å². The Hall–Kier alpha value is -1.68. The van der Waals surface area contributed by atoms with Gasteiger partial charge in [0.25, 0.3) is 5.91 Å². The molecule has 0 radical (unpaired) electrons. The highest BCUT2D eigenvalue weighted by atomic mass is 32.2. The van der Waals surface area contributed by atoms with Gasteiger partial charge in [-0.2, -0.15) is 4.31 Å². The molecule has 1 amide bonds. The van der Waals surface area contributed by atoms with Crippen LogP contribution in [0.15, 0.2) is 24.3 Å². The third kappa shape index (κ3) is 7.15. The maximum atomic E-state index is 13.5. The zero-order valence-corrected chi connectivity index (χ0v) is 21.8. The predicted molar refractivity (Wildman–Crippen MR) is 134 cm³/mol. The zero-order chi connectivity index (χ0) is 24.5. The molecule has 8 nitrogen and oxygen atoms in total. The number of amides is 1. The molecule has 1 saturated heterocycles. The number of likely N-dealkylation sites (N-methyl/N-ethyl adjacent to an activating group) is 1. The fraction of sp³-hybridized carbons (Fsp3) is 0.708. The molecule has 1 aliphatic heterocycles. The third-order valence-electron chi connectivity index (χ3n) is 6.68. The highest BCUT2D eigenvalue weighted by Gasteiger charge is 2.42. The van der Waals surface area contributed by atoms with E-state index in [-0.39, 0.29) is 5.91 Å². The Morgan fingerprint density at radius 3 is 2.30 bits per heavy atom. The van der Waals surface area contributed by atoms with E-state index in [0.717, 1.165) is 18.7 Å². The summed E-state index contributed by atoms with van der Waals surface area (Å²) in [5, 5.41) is 2.88. The van der Waals surface area contributed by atoms with Gasteiger partial charge >= 0.3 is 0 Å². The van der Waals surface area contributed by atoms with E-state index in [1.165, 1.54) is 0 Å². The fourth-order valence-corrected chi connectivity index (χ4v) is 5.92. The summed E-state index contributed by atoms with van der Waals surface area (Å²) in [6, 6.07) is 7.55. The first-order chi connectivity index (χ1) is 15.7. The lowest BCUT2D eigenvalue weighted by Gasteiger charge is -2.40. The Bertz CT molecular complexity index is 839. The minimum atomic E-state index is -3.43. The lowest BCUT2D eigenvalue weighted by atomic mass is 10.0. The second-order valence-electron chi connectivity index (χ2n) is 9.04. The van der Waals surface area contributed by atoms with Gasteiger partial charge in [-0.3, -0.25) is 4.79 Å². The Morgan fingerprint density at radius 2 is 1.76 bits per heavy atom. The number of rotatable bonds is 13. The topological polar surface area (TPSA) is 82.2 Å². The van der Waals surface area contributed by atoms with Crippen LogP contribution < -0.4 is 10.2 Å². The largest absolute Gasteiger partial charge is 0.383 e. The molecule has 0 aromatic heterocycles. The number of hydrogen-bond donors (Lipinski definition) is 1. The lowest BCUT2D eigenvalue weighted by molar-refractivity contribution is 0.0953. The van der Waals surface area contributed by atoms with Crippen molar-refractivity contribution in [1.29, 1.82) is 0 Å². The van der Waals surface area contributed by atoms with Gasteiger partial charge in [0.2, 0.25) is 10.0 Å². The average Bonchev–Trinajstić information content (AvgIpc) is 2.84. The van der Waals surface area contributed by atoms with E-state index in [2.05, 4.69) is 15.1 Å². The van der Waals surface area contributed by atoms with Crippen LogP contribution in [-0.2, 0) is 14.8 Å². The number of anilines is 1. The summed E-state index contributed by atoms with van der Waals surface area (Å²) in [7, 11) is 0.246. The molecule has 188 valence electrons. The molecule has 0 spiro atoms. The highest BCUT2D eigenvalue weighted by Crippen LogP contribution is 2.30. The molecule has 1 aromatic rings. The normalized spacial score (nSPS) is 17.2. The van der Waals surface area contributed by atoms with Crippen molar-refractivity contribution < 1.29 is 17.9 Å². The van der Waals surface area contributed by atoms with Gasteiger partial charge in [-0.15, -0.1) is 0 Å². The molecule has 1 atom stereocenters. The second-order valence-corrected chi connectivity index (χ2v) is 11.5. The number of methoxy groups -OCH3 is 1. The number of nitrogens with one attached hydrogen (secondary N) is 1. The summed E-state index contributed by atoms with van der Waals surface area (Å²) in [5.74, 6) is -0.0639. The predicted octanol–water partition coefficient (Wildman–Crippen LogP) is 2.42. The van der Waals surface area contributed by atoms with Gasteiger partial charge in [-0.05, 0) is 64.0 Å². The molecular formula is C24H42N4O4S. The number of ether oxygens (including phenoxy) is 1. The molecule has 0 bridgehead atoms. The van der Waals surface area contributed by atoms with Crippen molar-refractivity contribution in [2.75, 3.05) is 71.5 Å². The maximum absolute atomic E-state index is 13.5. The van der Waals surface area contributed by atoms with Crippen molar-refractivity contribution >= 4 is 21.6 Å². The van der Waals surface area contributed by atoms with Crippen molar-refractivity contribution in [3.63, 3.8) is 0 Å². The number of carbonyl (C=O) groups excluding carboxylic acids is 1. The minimum absolute atomic E-state index is 0.0639. The minimum Gasteiger partial charge on any atom is -0.383 e. The van der Waals surface area contributed by atoms with Gasteiger partial charge in [0.15, 0.2) is 0 Å². The van der Waals surface area contributed by atoms with Gasteiger partial charge in [0.1, 0.15) is 0 Å². The summed E-state index contributed by atoms with van der Waals surface area (Å²) in [6.45, 7) is 10.9. The van der Waals surface area contributed by atoms with Crippen LogP contribution in [-0.4, -0.2) is 94.9 Å². The number of nitrogens with zero attached hydrogens (tertiary/aromatic N) is 3. The summed E-state index contributed by atoms with van der Waals surface area (Å²) < 4.78 is 33.1. The number of hydrogen-bond acceptors (Lipinski definition) is 6. The molecule has 0 aliphatic carbocycles. The van der Waals surface area contributed by atoms with Gasteiger partial charge < -0.3 is 19.9 Å². The molecule has 1 aromatic carbocycles.